The van der Waals surface area contributed by atoms with Crippen molar-refractivity contribution in [3.05, 3.63) is 29.3 Å². The number of ether oxygens (including phenoxy) is 1. The number of piperidine rings is 2. The largest absolute Gasteiger partial charge is 0.490 e. The van der Waals surface area contributed by atoms with Crippen LogP contribution in [0.1, 0.15) is 39.5 Å². The summed E-state index contributed by atoms with van der Waals surface area (Å²) in [5.74, 6) is 0.913. The van der Waals surface area contributed by atoms with E-state index in [0.29, 0.717) is 29.8 Å². The summed E-state index contributed by atoms with van der Waals surface area (Å²) in [6.45, 7) is 7.59. The minimum absolute atomic E-state index is 0.0798. The van der Waals surface area contributed by atoms with Crippen LogP contribution >= 0.6 is 11.6 Å². The molecule has 2 fully saturated rings. The first-order valence-electron chi connectivity index (χ1n) is 10.00. The molecule has 5 nitrogen and oxygen atoms in total. The molecule has 0 saturated carbocycles. The van der Waals surface area contributed by atoms with Crippen molar-refractivity contribution in [2.45, 2.75) is 51.2 Å². The van der Waals surface area contributed by atoms with Crippen LogP contribution in [0.3, 0.4) is 0 Å². The maximum Gasteiger partial charge on any atom is 0.225 e. The van der Waals surface area contributed by atoms with Crippen molar-refractivity contribution in [1.29, 1.82) is 0 Å². The van der Waals surface area contributed by atoms with Gasteiger partial charge in [-0.3, -0.25) is 4.79 Å². The number of halogens is 1. The van der Waals surface area contributed by atoms with E-state index in [2.05, 4.69) is 18.7 Å². The second-order valence-electron chi connectivity index (χ2n) is 8.24. The van der Waals surface area contributed by atoms with Crippen LogP contribution in [0.25, 0.3) is 0 Å². The fourth-order valence-electron chi connectivity index (χ4n) is 4.11. The highest BCUT2D eigenvalue weighted by Crippen LogP contribution is 2.27. The molecule has 3 rings (SSSR count). The Morgan fingerprint density at radius 1 is 1.33 bits per heavy atom. The van der Waals surface area contributed by atoms with Gasteiger partial charge in [-0.2, -0.15) is 0 Å². The number of carbonyl (C=O) groups is 1. The van der Waals surface area contributed by atoms with Crippen LogP contribution in [0.5, 0.6) is 5.75 Å². The summed E-state index contributed by atoms with van der Waals surface area (Å²) in [5.41, 5.74) is -1.01. The average molecular weight is 395 g/mol. The van der Waals surface area contributed by atoms with E-state index in [1.54, 1.807) is 12.1 Å². The first-order valence-corrected chi connectivity index (χ1v) is 10.4. The van der Waals surface area contributed by atoms with E-state index >= 15 is 0 Å². The van der Waals surface area contributed by atoms with Crippen LogP contribution in [0, 0.1) is 5.92 Å². The molecule has 0 aliphatic carbocycles. The highest BCUT2D eigenvalue weighted by Gasteiger charge is 2.38. The molecule has 2 heterocycles. The summed E-state index contributed by atoms with van der Waals surface area (Å²) in [4.78, 5) is 17.2. The number of benzene rings is 1. The molecular formula is C21H31ClN2O3. The van der Waals surface area contributed by atoms with Crippen LogP contribution in [-0.2, 0) is 4.79 Å². The first kappa shape index (κ1) is 20.4. The fourth-order valence-corrected chi connectivity index (χ4v) is 4.29. The van der Waals surface area contributed by atoms with E-state index in [4.69, 9.17) is 16.3 Å². The van der Waals surface area contributed by atoms with E-state index in [1.807, 2.05) is 17.0 Å². The Hall–Kier alpha value is -1.30. The van der Waals surface area contributed by atoms with Gasteiger partial charge in [-0.25, -0.2) is 0 Å². The second kappa shape index (κ2) is 8.80. The number of rotatable bonds is 5. The van der Waals surface area contributed by atoms with Crippen molar-refractivity contribution in [2.75, 3.05) is 32.8 Å². The van der Waals surface area contributed by atoms with Crippen molar-refractivity contribution in [3.8, 4) is 5.75 Å². The molecule has 2 aliphatic heterocycles. The Balaban J connectivity index is 1.54. The van der Waals surface area contributed by atoms with E-state index in [0.717, 1.165) is 38.9 Å². The van der Waals surface area contributed by atoms with Gasteiger partial charge in [-0.05, 0) is 70.8 Å². The lowest BCUT2D eigenvalue weighted by Gasteiger charge is -2.41. The highest BCUT2D eigenvalue weighted by atomic mass is 35.5. The fraction of sp³-hybridized carbons (Fsp3) is 0.667. The van der Waals surface area contributed by atoms with E-state index in [9.17, 15) is 9.90 Å². The summed E-state index contributed by atoms with van der Waals surface area (Å²) in [5, 5.41) is 11.6. The van der Waals surface area contributed by atoms with Crippen molar-refractivity contribution in [1.82, 2.24) is 9.80 Å². The lowest BCUT2D eigenvalue weighted by molar-refractivity contribution is -0.146. The van der Waals surface area contributed by atoms with Crippen LogP contribution in [0.15, 0.2) is 24.3 Å². The van der Waals surface area contributed by atoms with E-state index in [-0.39, 0.29) is 18.4 Å². The molecule has 1 aromatic rings. The third-order valence-electron chi connectivity index (χ3n) is 5.78. The predicted molar refractivity (Wildman–Crippen MR) is 107 cm³/mol. The lowest BCUT2D eigenvalue weighted by Crippen LogP contribution is -2.55. The lowest BCUT2D eigenvalue weighted by atomic mass is 9.90. The van der Waals surface area contributed by atoms with Crippen molar-refractivity contribution >= 4 is 17.5 Å². The molecule has 27 heavy (non-hydrogen) atoms. The minimum Gasteiger partial charge on any atom is -0.490 e. The zero-order valence-electron chi connectivity index (χ0n) is 16.4. The molecular weight excluding hydrogens is 364 g/mol. The normalized spacial score (nSPS) is 25.0. The zero-order chi connectivity index (χ0) is 19.4. The number of aliphatic hydroxyl groups is 1. The SMILES string of the molecule is CC(C)N1CCC(C(=O)N2CCCC(O)(COc3cccc(Cl)c3)C2)CC1. The maximum absolute atomic E-state index is 13.0. The van der Waals surface area contributed by atoms with Gasteiger partial charge in [-0.15, -0.1) is 0 Å². The average Bonchev–Trinajstić information content (AvgIpc) is 2.66. The van der Waals surface area contributed by atoms with Gasteiger partial charge in [0.15, 0.2) is 0 Å². The molecule has 2 aliphatic rings. The minimum atomic E-state index is -1.01. The van der Waals surface area contributed by atoms with Gasteiger partial charge in [0.05, 0.1) is 6.54 Å². The van der Waals surface area contributed by atoms with Crippen LogP contribution in [0.2, 0.25) is 5.02 Å². The number of hydrogen-bond acceptors (Lipinski definition) is 4. The molecule has 1 aromatic carbocycles. The molecule has 1 atom stereocenters. The number of β-amino-alcohol motifs (C(OH)–C–C–N with tert-alkyl or cyclic N) is 1. The summed E-state index contributed by atoms with van der Waals surface area (Å²) in [7, 11) is 0. The van der Waals surface area contributed by atoms with Crippen molar-refractivity contribution in [3.63, 3.8) is 0 Å². The quantitative estimate of drug-likeness (QED) is 0.833. The van der Waals surface area contributed by atoms with Crippen LogP contribution in [-0.4, -0.2) is 65.2 Å². The monoisotopic (exact) mass is 394 g/mol. The number of likely N-dealkylation sites (tertiary alicyclic amines) is 2. The standard InChI is InChI=1S/C21H31ClN2O3/c1-16(2)23-11-7-17(8-12-23)20(25)24-10-4-9-21(26,14-24)15-27-19-6-3-5-18(22)13-19/h3,5-6,13,16-17,26H,4,7-12,14-15H2,1-2H3. The summed E-state index contributed by atoms with van der Waals surface area (Å²) in [6.07, 6.45) is 3.25. The van der Waals surface area contributed by atoms with Gasteiger partial charge in [0.1, 0.15) is 18.0 Å². The molecule has 1 amide bonds. The molecule has 0 spiro atoms. The number of carbonyl (C=O) groups excluding carboxylic acids is 1. The van der Waals surface area contributed by atoms with Gasteiger partial charge >= 0.3 is 0 Å². The molecule has 1 N–H and O–H groups in total. The number of amides is 1. The Morgan fingerprint density at radius 2 is 2.07 bits per heavy atom. The highest BCUT2D eigenvalue weighted by molar-refractivity contribution is 6.30. The maximum atomic E-state index is 13.0. The number of nitrogens with zero attached hydrogens (tertiary/aromatic N) is 2. The number of hydrogen-bond donors (Lipinski definition) is 1. The molecule has 150 valence electrons. The van der Waals surface area contributed by atoms with Gasteiger partial charge in [-0.1, -0.05) is 17.7 Å². The Labute approximate surface area is 167 Å². The molecule has 6 heteroatoms. The summed E-state index contributed by atoms with van der Waals surface area (Å²) < 4.78 is 5.76. The van der Waals surface area contributed by atoms with Crippen molar-refractivity contribution in [2.24, 2.45) is 5.92 Å². The van der Waals surface area contributed by atoms with Gasteiger partial charge in [0.25, 0.3) is 0 Å². The predicted octanol–water partition coefficient (Wildman–Crippen LogP) is 3.19. The first-order chi connectivity index (χ1) is 12.9. The van der Waals surface area contributed by atoms with Gasteiger partial charge in [0.2, 0.25) is 5.91 Å². The molecule has 2 saturated heterocycles. The van der Waals surface area contributed by atoms with Crippen LogP contribution in [0.4, 0.5) is 0 Å². The van der Waals surface area contributed by atoms with E-state index in [1.165, 1.54) is 0 Å². The Bertz CT molecular complexity index is 646. The molecule has 1 unspecified atom stereocenters. The van der Waals surface area contributed by atoms with Gasteiger partial charge in [0, 0.05) is 23.5 Å². The third kappa shape index (κ3) is 5.37. The summed E-state index contributed by atoms with van der Waals surface area (Å²) in [6, 6.07) is 7.70. The Morgan fingerprint density at radius 3 is 2.74 bits per heavy atom. The third-order valence-corrected chi connectivity index (χ3v) is 6.01. The molecule has 0 radical (unpaired) electrons. The van der Waals surface area contributed by atoms with Crippen LogP contribution < -0.4 is 4.74 Å². The molecule has 0 aromatic heterocycles. The van der Waals surface area contributed by atoms with Crippen molar-refractivity contribution < 1.29 is 14.6 Å². The Kier molecular flexibility index (Phi) is 6.66. The molecule has 0 bridgehead atoms. The topological polar surface area (TPSA) is 53.0 Å². The van der Waals surface area contributed by atoms with E-state index < -0.39 is 5.60 Å². The summed E-state index contributed by atoms with van der Waals surface area (Å²) >= 11 is 5.98. The smallest absolute Gasteiger partial charge is 0.225 e. The second-order valence-corrected chi connectivity index (χ2v) is 8.67. The zero-order valence-corrected chi connectivity index (χ0v) is 17.1. The van der Waals surface area contributed by atoms with Gasteiger partial charge < -0.3 is 19.6 Å².